The maximum Gasteiger partial charge on any atom is 0.266 e. The summed E-state index contributed by atoms with van der Waals surface area (Å²) in [6.07, 6.45) is 21.3. The van der Waals surface area contributed by atoms with Crippen LogP contribution >= 0.6 is 0 Å². The molecule has 0 aliphatic heterocycles. The predicted octanol–water partition coefficient (Wildman–Crippen LogP) is 6.70. The van der Waals surface area contributed by atoms with Gasteiger partial charge in [0.25, 0.3) is 10.1 Å². The molecule has 0 bridgehead atoms. The van der Waals surface area contributed by atoms with Crippen molar-refractivity contribution in [3.05, 3.63) is 0 Å². The number of nitrogens with one attached hydrogen (secondary N) is 1. The first-order chi connectivity index (χ1) is 17.7. The van der Waals surface area contributed by atoms with E-state index in [0.29, 0.717) is 19.3 Å². The third-order valence-corrected chi connectivity index (χ3v) is 7.95. The zero-order chi connectivity index (χ0) is 27.8. The standard InChI is InChI=1S/C29H59NO6S/c1-3-5-7-9-11-13-14-16-17-19-21-23-27(31)26(25-37(34,35)36)30-29(33)28(32)24-22-20-18-15-12-10-8-6-4-2/h26-28,31-32H,3-25H2,1-2H3,(H,30,33)(H,34,35,36). The van der Waals surface area contributed by atoms with E-state index in [2.05, 4.69) is 19.2 Å². The van der Waals surface area contributed by atoms with E-state index in [4.69, 9.17) is 0 Å². The van der Waals surface area contributed by atoms with Crippen LogP contribution in [-0.4, -0.2) is 53.1 Å². The smallest absolute Gasteiger partial charge is 0.266 e. The summed E-state index contributed by atoms with van der Waals surface area (Å²) in [6.45, 7) is 4.42. The molecule has 7 nitrogen and oxygen atoms in total. The van der Waals surface area contributed by atoms with Gasteiger partial charge in [0, 0.05) is 0 Å². The molecule has 0 aromatic rings. The van der Waals surface area contributed by atoms with Gasteiger partial charge in [-0.1, -0.05) is 142 Å². The van der Waals surface area contributed by atoms with Crippen LogP contribution < -0.4 is 5.32 Å². The molecule has 3 atom stereocenters. The fourth-order valence-electron chi connectivity index (χ4n) is 4.75. The molecule has 0 fully saturated rings. The van der Waals surface area contributed by atoms with Gasteiger partial charge in [-0.3, -0.25) is 9.35 Å². The Bertz CT molecular complexity index is 628. The van der Waals surface area contributed by atoms with E-state index in [1.54, 1.807) is 0 Å². The molecule has 0 radical (unpaired) electrons. The van der Waals surface area contributed by atoms with E-state index in [1.807, 2.05) is 0 Å². The summed E-state index contributed by atoms with van der Waals surface area (Å²) in [7, 11) is -4.39. The second-order valence-corrected chi connectivity index (χ2v) is 12.4. The minimum absolute atomic E-state index is 0.301. The number of aliphatic hydroxyl groups is 2. The van der Waals surface area contributed by atoms with Gasteiger partial charge in [0.15, 0.2) is 0 Å². The molecule has 0 saturated carbocycles. The number of amides is 1. The minimum atomic E-state index is -4.39. The summed E-state index contributed by atoms with van der Waals surface area (Å²) >= 11 is 0. The quantitative estimate of drug-likeness (QED) is 0.0667. The number of hydrogen-bond acceptors (Lipinski definition) is 5. The van der Waals surface area contributed by atoms with Crippen LogP contribution in [0.15, 0.2) is 0 Å². The summed E-state index contributed by atoms with van der Waals surface area (Å²) in [6, 6.07) is -1.14. The van der Waals surface area contributed by atoms with Crippen LogP contribution in [0.5, 0.6) is 0 Å². The number of aliphatic hydroxyl groups excluding tert-OH is 2. The van der Waals surface area contributed by atoms with Gasteiger partial charge >= 0.3 is 0 Å². The first-order valence-corrected chi connectivity index (χ1v) is 16.9. The molecule has 8 heteroatoms. The summed E-state index contributed by atoms with van der Waals surface area (Å²) < 4.78 is 32.2. The van der Waals surface area contributed by atoms with Crippen molar-refractivity contribution in [3.63, 3.8) is 0 Å². The number of hydrogen-bond donors (Lipinski definition) is 4. The summed E-state index contributed by atoms with van der Waals surface area (Å²) in [4.78, 5) is 12.4. The summed E-state index contributed by atoms with van der Waals surface area (Å²) in [5.41, 5.74) is 0. The molecule has 0 aliphatic carbocycles. The summed E-state index contributed by atoms with van der Waals surface area (Å²) in [5.74, 6) is -1.45. The van der Waals surface area contributed by atoms with Crippen molar-refractivity contribution in [1.29, 1.82) is 0 Å². The fraction of sp³-hybridized carbons (Fsp3) is 0.966. The Morgan fingerprint density at radius 3 is 1.35 bits per heavy atom. The third kappa shape index (κ3) is 24.1. The molecule has 222 valence electrons. The normalized spacial score (nSPS) is 14.4. The lowest BCUT2D eigenvalue weighted by Crippen LogP contribution is -2.50. The molecule has 0 aromatic heterocycles. The molecule has 37 heavy (non-hydrogen) atoms. The lowest BCUT2D eigenvalue weighted by Gasteiger charge is -2.24. The second kappa shape index (κ2) is 24.3. The van der Waals surface area contributed by atoms with Gasteiger partial charge < -0.3 is 15.5 Å². The van der Waals surface area contributed by atoms with Gasteiger partial charge in [0.1, 0.15) is 6.10 Å². The van der Waals surface area contributed by atoms with Crippen molar-refractivity contribution in [3.8, 4) is 0 Å². The number of unbranched alkanes of at least 4 members (excludes halogenated alkanes) is 18. The first kappa shape index (κ1) is 36.3. The highest BCUT2D eigenvalue weighted by Gasteiger charge is 2.28. The van der Waals surface area contributed by atoms with Crippen molar-refractivity contribution in [2.75, 3.05) is 5.75 Å². The Morgan fingerprint density at radius 1 is 0.622 bits per heavy atom. The average molecular weight is 550 g/mol. The van der Waals surface area contributed by atoms with Crippen molar-refractivity contribution < 1.29 is 28.0 Å². The molecule has 4 N–H and O–H groups in total. The Labute approximate surface area is 228 Å². The maximum atomic E-state index is 12.4. The lowest BCUT2D eigenvalue weighted by molar-refractivity contribution is -0.131. The highest BCUT2D eigenvalue weighted by Crippen LogP contribution is 2.15. The van der Waals surface area contributed by atoms with E-state index < -0.39 is 40.0 Å². The van der Waals surface area contributed by atoms with Crippen molar-refractivity contribution in [2.45, 2.75) is 173 Å². The van der Waals surface area contributed by atoms with Gasteiger partial charge in [0.2, 0.25) is 5.91 Å². The van der Waals surface area contributed by atoms with Crippen LogP contribution in [0, 0.1) is 0 Å². The predicted molar refractivity (Wildman–Crippen MR) is 153 cm³/mol. The number of carbonyl (C=O) groups is 1. The number of rotatable bonds is 27. The highest BCUT2D eigenvalue weighted by molar-refractivity contribution is 7.85. The van der Waals surface area contributed by atoms with Crippen LogP contribution in [-0.2, 0) is 14.9 Å². The second-order valence-electron chi connectivity index (χ2n) is 10.9. The molecule has 3 unspecified atom stereocenters. The number of carbonyl (C=O) groups excluding carboxylic acids is 1. The van der Waals surface area contributed by atoms with Gasteiger partial charge in [-0.25, -0.2) is 0 Å². The van der Waals surface area contributed by atoms with Crippen LogP contribution in [0.2, 0.25) is 0 Å². The zero-order valence-electron chi connectivity index (χ0n) is 24.0. The van der Waals surface area contributed by atoms with E-state index in [9.17, 15) is 28.0 Å². The Morgan fingerprint density at radius 2 is 0.973 bits per heavy atom. The zero-order valence-corrected chi connectivity index (χ0v) is 24.8. The van der Waals surface area contributed by atoms with Crippen molar-refractivity contribution in [1.82, 2.24) is 5.32 Å². The van der Waals surface area contributed by atoms with E-state index in [1.165, 1.54) is 77.0 Å². The largest absolute Gasteiger partial charge is 0.391 e. The Kier molecular flexibility index (Phi) is 23.9. The SMILES string of the molecule is CCCCCCCCCCCCCC(O)C(CS(=O)(=O)O)NC(=O)C(O)CCCCCCCCCCC. The average Bonchev–Trinajstić information content (AvgIpc) is 2.84. The fourth-order valence-corrected chi connectivity index (χ4v) is 5.51. The van der Waals surface area contributed by atoms with Crippen LogP contribution in [0.25, 0.3) is 0 Å². The van der Waals surface area contributed by atoms with Gasteiger partial charge in [0.05, 0.1) is 17.9 Å². The third-order valence-electron chi connectivity index (χ3n) is 7.17. The molecule has 0 rings (SSSR count). The van der Waals surface area contributed by atoms with Crippen LogP contribution in [0.3, 0.4) is 0 Å². The van der Waals surface area contributed by atoms with Crippen molar-refractivity contribution >= 4 is 16.0 Å². The highest BCUT2D eigenvalue weighted by atomic mass is 32.2. The molecular formula is C29H59NO6S. The van der Waals surface area contributed by atoms with E-state index in [-0.39, 0.29) is 0 Å². The Hall–Kier alpha value is -0.700. The Balaban J connectivity index is 4.18. The van der Waals surface area contributed by atoms with Gasteiger partial charge in [-0.2, -0.15) is 8.42 Å². The molecule has 1 amide bonds. The molecule has 0 saturated heterocycles. The van der Waals surface area contributed by atoms with E-state index >= 15 is 0 Å². The van der Waals surface area contributed by atoms with Crippen molar-refractivity contribution in [2.24, 2.45) is 0 Å². The molecule has 0 aromatic carbocycles. The van der Waals surface area contributed by atoms with E-state index in [0.717, 1.165) is 44.9 Å². The maximum absolute atomic E-state index is 12.4. The molecule has 0 aliphatic rings. The summed E-state index contributed by atoms with van der Waals surface area (Å²) in [5, 5.41) is 23.2. The molecule has 0 spiro atoms. The van der Waals surface area contributed by atoms with Crippen LogP contribution in [0.1, 0.15) is 155 Å². The van der Waals surface area contributed by atoms with Gasteiger partial charge in [-0.15, -0.1) is 0 Å². The van der Waals surface area contributed by atoms with Crippen LogP contribution in [0.4, 0.5) is 0 Å². The molecular weight excluding hydrogens is 490 g/mol. The topological polar surface area (TPSA) is 124 Å². The van der Waals surface area contributed by atoms with Gasteiger partial charge in [-0.05, 0) is 12.8 Å². The lowest BCUT2D eigenvalue weighted by atomic mass is 10.0. The monoisotopic (exact) mass is 549 g/mol. The molecule has 0 heterocycles. The minimum Gasteiger partial charge on any atom is -0.391 e. The first-order valence-electron chi connectivity index (χ1n) is 15.3.